The third-order valence-corrected chi connectivity index (χ3v) is 10.5. The molecule has 0 aliphatic carbocycles. The van der Waals surface area contributed by atoms with Crippen molar-refractivity contribution in [3.8, 4) is 23.0 Å². The average molecular weight is 796 g/mol. The second-order valence-electron chi connectivity index (χ2n) is 11.9. The second kappa shape index (κ2) is 15.6. The van der Waals surface area contributed by atoms with E-state index in [4.69, 9.17) is 16.3 Å². The molecule has 23 heteroatoms. The van der Waals surface area contributed by atoms with E-state index in [2.05, 4.69) is 16.0 Å². The molecule has 0 saturated carbocycles. The molecule has 0 bridgehead atoms. The number of aromatic hydroxyl groups is 3. The van der Waals surface area contributed by atoms with E-state index in [-0.39, 0.29) is 36.3 Å². The molecule has 286 valence electrons. The average Bonchev–Trinajstić information content (AvgIpc) is 3.52. The Morgan fingerprint density at radius 1 is 1.04 bits per heavy atom. The molecule has 1 saturated heterocycles. The normalized spacial score (nSPS) is 16.0. The molecule has 0 unspecified atom stereocenters. The number of hydrogen-bond acceptors (Lipinski definition) is 12. The lowest BCUT2D eigenvalue weighted by Gasteiger charge is -2.31. The zero-order valence-electron chi connectivity index (χ0n) is 27.5. The van der Waals surface area contributed by atoms with Crippen molar-refractivity contribution in [3.63, 3.8) is 0 Å². The van der Waals surface area contributed by atoms with Crippen LogP contribution in [0, 0.1) is 11.6 Å². The molecule has 54 heavy (non-hydrogen) atoms. The standard InChI is InChI=1S/C31H29BClF2N5O13S/c33-22-17(13-19(35)24(42)25(22)43)23(28(45)37-20-12-14-5-6-18(34)21(29(46)47)26(14)53-32(20)50)38-30(48)39-8-9-40(31(39)49)54(51,52)10-2-7-36-27(44)15-3-1-4-16(41)11-15/h1,3-6,11,13,20,23,41-43,50H,2,7-10,12H2,(H,36,44)(H,37,45)(H,38,48)(H,46,47)/t20-,23-/m0/s1. The minimum atomic E-state index is -4.37. The molecule has 3 aromatic carbocycles. The van der Waals surface area contributed by atoms with E-state index in [1.54, 1.807) is 0 Å². The molecule has 2 aliphatic heterocycles. The Bertz CT molecular complexity index is 2170. The summed E-state index contributed by atoms with van der Waals surface area (Å²) in [6, 6.07) is 3.00. The summed E-state index contributed by atoms with van der Waals surface area (Å²) in [4.78, 5) is 64.5. The smallest absolute Gasteiger partial charge is 0.534 e. The van der Waals surface area contributed by atoms with Crippen molar-refractivity contribution in [1.82, 2.24) is 25.2 Å². The van der Waals surface area contributed by atoms with Crippen molar-refractivity contribution in [2.45, 2.75) is 24.8 Å². The van der Waals surface area contributed by atoms with Crippen LogP contribution in [0.3, 0.4) is 0 Å². The minimum absolute atomic E-state index is 0.0409. The highest BCUT2D eigenvalue weighted by Crippen LogP contribution is 2.41. The Balaban J connectivity index is 1.30. The van der Waals surface area contributed by atoms with Crippen molar-refractivity contribution in [2.24, 2.45) is 0 Å². The van der Waals surface area contributed by atoms with Crippen molar-refractivity contribution in [3.05, 3.63) is 81.4 Å². The van der Waals surface area contributed by atoms with Gasteiger partial charge in [-0.2, -0.15) is 0 Å². The van der Waals surface area contributed by atoms with Crippen LogP contribution in [0.1, 0.15) is 44.3 Å². The molecular weight excluding hydrogens is 767 g/mol. The van der Waals surface area contributed by atoms with Crippen LogP contribution < -0.4 is 20.6 Å². The second-order valence-corrected chi connectivity index (χ2v) is 14.3. The van der Waals surface area contributed by atoms with E-state index < -0.39 is 123 Å². The van der Waals surface area contributed by atoms with Crippen LogP contribution in [0.15, 0.2) is 42.5 Å². The Morgan fingerprint density at radius 2 is 1.76 bits per heavy atom. The third-order valence-electron chi connectivity index (χ3n) is 8.31. The molecule has 8 N–H and O–H groups in total. The van der Waals surface area contributed by atoms with Gasteiger partial charge < -0.3 is 46.1 Å². The zero-order valence-corrected chi connectivity index (χ0v) is 29.0. The third kappa shape index (κ3) is 8.04. The SMILES string of the molecule is O=C(NCCCS(=O)(=O)N1CCN(C(=O)N[C@H](C(=O)N[C@H]2Cc3ccc(F)c(C(=O)O)c3OB2O)c2cc(F)c(O)c(O)c2Cl)C1=O)c1cccc(O)c1. The fraction of sp³-hybridized carbons (Fsp3) is 0.258. The van der Waals surface area contributed by atoms with Gasteiger partial charge in [0.1, 0.15) is 28.9 Å². The molecule has 5 rings (SSSR count). The lowest BCUT2D eigenvalue weighted by molar-refractivity contribution is -0.123. The lowest BCUT2D eigenvalue weighted by Crippen LogP contribution is -2.56. The summed E-state index contributed by atoms with van der Waals surface area (Å²) >= 11 is 6.11. The van der Waals surface area contributed by atoms with E-state index in [0.29, 0.717) is 15.3 Å². The number of urea groups is 2. The summed E-state index contributed by atoms with van der Waals surface area (Å²) in [5, 5.41) is 55.6. The molecule has 2 aliphatic rings. The van der Waals surface area contributed by atoms with Crippen LogP contribution in [-0.4, -0.2) is 111 Å². The number of sulfonamides is 1. The van der Waals surface area contributed by atoms with Crippen molar-refractivity contribution < 1.29 is 71.3 Å². The number of benzene rings is 3. The number of nitrogens with one attached hydrogen (secondary N) is 3. The molecular formula is C31H29BClF2N5O13S. The van der Waals surface area contributed by atoms with Gasteiger partial charge >= 0.3 is 25.1 Å². The topological polar surface area (TPSA) is 272 Å². The van der Waals surface area contributed by atoms with Crippen LogP contribution in [0.2, 0.25) is 5.02 Å². The predicted octanol–water partition coefficient (Wildman–Crippen LogP) is 1.21. The Hall–Kier alpha value is -5.87. The quantitative estimate of drug-likeness (QED) is 0.0771. The number of amides is 6. The fourth-order valence-electron chi connectivity index (χ4n) is 5.62. The maximum atomic E-state index is 14.6. The van der Waals surface area contributed by atoms with Gasteiger partial charge in [0.25, 0.3) is 5.91 Å². The summed E-state index contributed by atoms with van der Waals surface area (Å²) in [7, 11) is -6.37. The number of carboxylic acids is 1. The number of rotatable bonds is 11. The first-order valence-electron chi connectivity index (χ1n) is 15.7. The number of halogens is 3. The van der Waals surface area contributed by atoms with Crippen molar-refractivity contribution in [1.29, 1.82) is 0 Å². The number of nitrogens with zero attached hydrogens (tertiary/aromatic N) is 2. The largest absolute Gasteiger partial charge is 0.547 e. The van der Waals surface area contributed by atoms with Gasteiger partial charge in [-0.25, -0.2) is 40.8 Å². The molecule has 3 aromatic rings. The zero-order chi connectivity index (χ0) is 39.6. The maximum Gasteiger partial charge on any atom is 0.547 e. The number of aromatic carboxylic acids is 1. The number of carboxylic acid groups (broad SMARTS) is 1. The summed E-state index contributed by atoms with van der Waals surface area (Å²) in [5.74, 6) is -11.5. The van der Waals surface area contributed by atoms with E-state index in [0.717, 1.165) is 12.1 Å². The molecule has 2 heterocycles. The lowest BCUT2D eigenvalue weighted by atomic mass is 9.72. The summed E-state index contributed by atoms with van der Waals surface area (Å²) in [6.45, 7) is -1.18. The highest BCUT2D eigenvalue weighted by Gasteiger charge is 2.43. The van der Waals surface area contributed by atoms with Gasteiger partial charge in [-0.05, 0) is 48.7 Å². The summed E-state index contributed by atoms with van der Waals surface area (Å²) in [6.07, 6.45) is -0.517. The number of carbonyl (C=O) groups is 5. The van der Waals surface area contributed by atoms with Gasteiger partial charge in [-0.15, -0.1) is 0 Å². The van der Waals surface area contributed by atoms with Gasteiger partial charge in [0.15, 0.2) is 17.3 Å². The Kier molecular flexibility index (Phi) is 11.4. The molecule has 1 fully saturated rings. The van der Waals surface area contributed by atoms with E-state index in [1.807, 2.05) is 0 Å². The molecule has 6 amide bonds. The van der Waals surface area contributed by atoms with Crippen molar-refractivity contribution >= 4 is 58.6 Å². The van der Waals surface area contributed by atoms with Crippen molar-refractivity contribution in [2.75, 3.05) is 25.4 Å². The van der Waals surface area contributed by atoms with Gasteiger partial charge in [-0.3, -0.25) is 9.59 Å². The fourth-order valence-corrected chi connectivity index (χ4v) is 7.30. The molecule has 0 aromatic heterocycles. The van der Waals surface area contributed by atoms with E-state index in [1.165, 1.54) is 24.3 Å². The minimum Gasteiger partial charge on any atom is -0.534 e. The molecule has 18 nitrogen and oxygen atoms in total. The van der Waals surface area contributed by atoms with Crippen LogP contribution in [0.25, 0.3) is 0 Å². The Labute approximate surface area is 309 Å². The summed E-state index contributed by atoms with van der Waals surface area (Å²) < 4.78 is 60.4. The maximum absolute atomic E-state index is 14.6. The highest BCUT2D eigenvalue weighted by atomic mass is 35.5. The first-order valence-corrected chi connectivity index (χ1v) is 17.7. The van der Waals surface area contributed by atoms with Gasteiger partial charge in [0.2, 0.25) is 15.9 Å². The first-order chi connectivity index (χ1) is 25.4. The number of fused-ring (bicyclic) bond motifs is 1. The van der Waals surface area contributed by atoms with Gasteiger partial charge in [0.05, 0.1) is 29.8 Å². The number of hydrogen-bond donors (Lipinski definition) is 8. The van der Waals surface area contributed by atoms with Crippen LogP contribution in [0.4, 0.5) is 18.4 Å². The van der Waals surface area contributed by atoms with E-state index >= 15 is 0 Å². The first kappa shape index (κ1) is 39.3. The monoisotopic (exact) mass is 795 g/mol. The number of phenolic OH excluding ortho intramolecular Hbond substituents is 3. The van der Waals surface area contributed by atoms with Gasteiger partial charge in [0, 0.05) is 17.7 Å². The highest BCUT2D eigenvalue weighted by molar-refractivity contribution is 7.89. The molecule has 0 radical (unpaired) electrons. The van der Waals surface area contributed by atoms with Crippen LogP contribution in [0.5, 0.6) is 23.0 Å². The van der Waals surface area contributed by atoms with Gasteiger partial charge in [-0.1, -0.05) is 23.7 Å². The number of imide groups is 1. The Morgan fingerprint density at radius 3 is 2.44 bits per heavy atom. The summed E-state index contributed by atoms with van der Waals surface area (Å²) in [5.41, 5.74) is -1.39. The predicted molar refractivity (Wildman–Crippen MR) is 181 cm³/mol. The van der Waals surface area contributed by atoms with Crippen LogP contribution >= 0.6 is 11.6 Å². The number of carbonyl (C=O) groups excluding carboxylic acids is 4. The number of phenols is 3. The van der Waals surface area contributed by atoms with E-state index in [9.17, 15) is 66.6 Å². The van der Waals surface area contributed by atoms with Crippen LogP contribution in [-0.2, 0) is 21.2 Å². The molecule has 0 spiro atoms. The molecule has 2 atom stereocenters.